The summed E-state index contributed by atoms with van der Waals surface area (Å²) in [7, 11) is 2.02. The van der Waals surface area contributed by atoms with Gasteiger partial charge in [0.15, 0.2) is 5.58 Å². The Bertz CT molecular complexity index is 730. The van der Waals surface area contributed by atoms with Gasteiger partial charge in [-0.05, 0) is 43.7 Å². The van der Waals surface area contributed by atoms with Gasteiger partial charge >= 0.3 is 0 Å². The van der Waals surface area contributed by atoms with E-state index in [1.165, 1.54) is 19.3 Å². The van der Waals surface area contributed by atoms with E-state index in [0.29, 0.717) is 23.9 Å². The molecule has 0 radical (unpaired) electrons. The van der Waals surface area contributed by atoms with Gasteiger partial charge in [0.2, 0.25) is 5.91 Å². The van der Waals surface area contributed by atoms with Crippen molar-refractivity contribution < 1.29 is 9.21 Å². The Morgan fingerprint density at radius 1 is 1.15 bits per heavy atom. The lowest BCUT2D eigenvalue weighted by Gasteiger charge is -2.39. The molecule has 1 saturated heterocycles. The van der Waals surface area contributed by atoms with Gasteiger partial charge in [-0.2, -0.15) is 4.98 Å². The molecule has 5 heteroatoms. The minimum Gasteiger partial charge on any atom is -0.423 e. The van der Waals surface area contributed by atoms with E-state index in [-0.39, 0.29) is 5.92 Å². The molecule has 2 fully saturated rings. The van der Waals surface area contributed by atoms with Crippen LogP contribution in [0.15, 0.2) is 28.7 Å². The van der Waals surface area contributed by atoms with Crippen LogP contribution in [-0.2, 0) is 4.79 Å². The number of aromatic nitrogens is 1. The molecule has 1 aliphatic carbocycles. The number of benzene rings is 1. The van der Waals surface area contributed by atoms with Crippen molar-refractivity contribution >= 4 is 23.0 Å². The summed E-state index contributed by atoms with van der Waals surface area (Å²) >= 11 is 0. The fraction of sp³-hybridized carbons (Fsp3) is 0.619. The molecular weight excluding hydrogens is 326 g/mol. The fourth-order valence-electron chi connectivity index (χ4n) is 4.64. The largest absolute Gasteiger partial charge is 0.423 e. The van der Waals surface area contributed by atoms with Crippen LogP contribution in [0.25, 0.3) is 11.1 Å². The minimum absolute atomic E-state index is 0.134. The molecule has 0 bridgehead atoms. The van der Waals surface area contributed by atoms with E-state index in [1.54, 1.807) is 0 Å². The smallest absolute Gasteiger partial charge is 0.298 e. The fourth-order valence-corrected chi connectivity index (χ4v) is 4.64. The van der Waals surface area contributed by atoms with Crippen molar-refractivity contribution in [3.8, 4) is 0 Å². The number of rotatable bonds is 3. The molecule has 1 aromatic carbocycles. The molecule has 2 heterocycles. The van der Waals surface area contributed by atoms with Crippen LogP contribution in [0.2, 0.25) is 0 Å². The Morgan fingerprint density at radius 2 is 1.88 bits per heavy atom. The molecule has 140 valence electrons. The molecule has 1 amide bonds. The summed E-state index contributed by atoms with van der Waals surface area (Å²) in [6.45, 7) is 3.96. The van der Waals surface area contributed by atoms with Gasteiger partial charge < -0.3 is 14.2 Å². The third kappa shape index (κ3) is 3.31. The second-order valence-corrected chi connectivity index (χ2v) is 8.00. The molecule has 2 aliphatic rings. The van der Waals surface area contributed by atoms with Crippen molar-refractivity contribution in [1.29, 1.82) is 0 Å². The number of hydrogen-bond donors (Lipinski definition) is 0. The zero-order valence-electron chi connectivity index (χ0n) is 15.9. The number of hydrogen-bond acceptors (Lipinski definition) is 4. The van der Waals surface area contributed by atoms with Crippen molar-refractivity contribution in [2.45, 2.75) is 51.5 Å². The van der Waals surface area contributed by atoms with E-state index in [4.69, 9.17) is 4.42 Å². The quantitative estimate of drug-likeness (QED) is 0.832. The number of carbonyl (C=O) groups excluding carboxylic acids is 1. The van der Waals surface area contributed by atoms with E-state index < -0.39 is 0 Å². The second kappa shape index (κ2) is 7.29. The molecule has 26 heavy (non-hydrogen) atoms. The van der Waals surface area contributed by atoms with Crippen molar-refractivity contribution in [3.05, 3.63) is 24.3 Å². The Labute approximate surface area is 155 Å². The highest BCUT2D eigenvalue weighted by Gasteiger charge is 2.33. The summed E-state index contributed by atoms with van der Waals surface area (Å²) in [5.74, 6) is 1.09. The molecular formula is C21H29N3O2. The molecule has 0 spiro atoms. The van der Waals surface area contributed by atoms with Crippen LogP contribution in [0, 0.1) is 11.8 Å². The number of para-hydroxylation sites is 2. The summed E-state index contributed by atoms with van der Waals surface area (Å²) in [6.07, 6.45) is 6.72. The van der Waals surface area contributed by atoms with Gasteiger partial charge in [-0.1, -0.05) is 31.9 Å². The monoisotopic (exact) mass is 355 g/mol. The number of carbonyl (C=O) groups is 1. The Balaban J connectivity index is 1.37. The third-order valence-corrected chi connectivity index (χ3v) is 6.31. The van der Waals surface area contributed by atoms with Gasteiger partial charge in [-0.3, -0.25) is 4.79 Å². The molecule has 1 saturated carbocycles. The van der Waals surface area contributed by atoms with Gasteiger partial charge in [-0.15, -0.1) is 0 Å². The topological polar surface area (TPSA) is 49.6 Å². The standard InChI is InChI=1S/C21H29N3O2/c1-15-7-3-5-9-18(15)23(2)20(25)16-11-13-24(14-12-16)21-22-17-8-4-6-10-19(17)26-21/h4,6,8,10,15-16,18H,3,5,7,9,11-14H2,1-2H3/t15-,18-/m1/s1. The number of amides is 1. The van der Waals surface area contributed by atoms with Crippen LogP contribution >= 0.6 is 0 Å². The first-order valence-electron chi connectivity index (χ1n) is 10.0. The maximum atomic E-state index is 13.0. The van der Waals surface area contributed by atoms with Crippen LogP contribution in [0.3, 0.4) is 0 Å². The first-order chi connectivity index (χ1) is 12.6. The van der Waals surface area contributed by atoms with Gasteiger partial charge in [-0.25, -0.2) is 0 Å². The highest BCUT2D eigenvalue weighted by atomic mass is 16.4. The second-order valence-electron chi connectivity index (χ2n) is 8.00. The number of oxazole rings is 1. The summed E-state index contributed by atoms with van der Waals surface area (Å²) in [6, 6.07) is 8.96. The molecule has 1 aromatic heterocycles. The molecule has 2 aromatic rings. The Morgan fingerprint density at radius 3 is 2.62 bits per heavy atom. The van der Waals surface area contributed by atoms with Crippen LogP contribution in [0.5, 0.6) is 0 Å². The zero-order valence-corrected chi connectivity index (χ0v) is 15.9. The van der Waals surface area contributed by atoms with E-state index in [0.717, 1.165) is 43.5 Å². The number of nitrogens with zero attached hydrogens (tertiary/aromatic N) is 3. The minimum atomic E-state index is 0.134. The van der Waals surface area contributed by atoms with Crippen LogP contribution in [0.4, 0.5) is 6.01 Å². The van der Waals surface area contributed by atoms with Gasteiger partial charge in [0.25, 0.3) is 6.01 Å². The first kappa shape index (κ1) is 17.4. The average molecular weight is 355 g/mol. The van der Waals surface area contributed by atoms with Gasteiger partial charge in [0, 0.05) is 32.1 Å². The highest BCUT2D eigenvalue weighted by molar-refractivity contribution is 5.79. The van der Waals surface area contributed by atoms with Crippen molar-refractivity contribution in [3.63, 3.8) is 0 Å². The summed E-state index contributed by atoms with van der Waals surface area (Å²) < 4.78 is 5.88. The average Bonchev–Trinajstić information content (AvgIpc) is 3.11. The third-order valence-electron chi connectivity index (χ3n) is 6.31. The maximum Gasteiger partial charge on any atom is 0.298 e. The van der Waals surface area contributed by atoms with E-state index in [9.17, 15) is 4.79 Å². The van der Waals surface area contributed by atoms with Crippen LogP contribution < -0.4 is 4.90 Å². The number of fused-ring (bicyclic) bond motifs is 1. The normalized spacial score (nSPS) is 24.8. The predicted molar refractivity (Wildman–Crippen MR) is 103 cm³/mol. The summed E-state index contributed by atoms with van der Waals surface area (Å²) in [4.78, 5) is 21.8. The van der Waals surface area contributed by atoms with Crippen molar-refractivity contribution in [1.82, 2.24) is 9.88 Å². The SMILES string of the molecule is C[C@@H]1CCCC[C@H]1N(C)C(=O)C1CCN(c2nc3ccccc3o2)CC1. The van der Waals surface area contributed by atoms with E-state index in [1.807, 2.05) is 31.3 Å². The predicted octanol–water partition coefficient (Wildman–Crippen LogP) is 4.08. The lowest BCUT2D eigenvalue weighted by molar-refractivity contribution is -0.138. The van der Waals surface area contributed by atoms with Gasteiger partial charge in [0.05, 0.1) is 0 Å². The van der Waals surface area contributed by atoms with E-state index in [2.05, 4.69) is 21.7 Å². The molecule has 1 aliphatic heterocycles. The summed E-state index contributed by atoms with van der Waals surface area (Å²) in [5, 5.41) is 0. The lowest BCUT2D eigenvalue weighted by atomic mass is 9.84. The zero-order chi connectivity index (χ0) is 18.1. The number of anilines is 1. The van der Waals surface area contributed by atoms with Crippen LogP contribution in [0.1, 0.15) is 45.4 Å². The van der Waals surface area contributed by atoms with Crippen molar-refractivity contribution in [2.75, 3.05) is 25.0 Å². The first-order valence-corrected chi connectivity index (χ1v) is 10.0. The maximum absolute atomic E-state index is 13.0. The molecule has 0 N–H and O–H groups in total. The molecule has 2 atom stereocenters. The van der Waals surface area contributed by atoms with Crippen LogP contribution in [-0.4, -0.2) is 42.0 Å². The highest BCUT2D eigenvalue weighted by Crippen LogP contribution is 2.31. The lowest BCUT2D eigenvalue weighted by Crippen LogP contribution is -2.47. The molecule has 4 rings (SSSR count). The molecule has 0 unspecified atom stereocenters. The summed E-state index contributed by atoms with van der Waals surface area (Å²) in [5.41, 5.74) is 1.72. The van der Waals surface area contributed by atoms with E-state index >= 15 is 0 Å². The molecule has 5 nitrogen and oxygen atoms in total. The van der Waals surface area contributed by atoms with Gasteiger partial charge in [0.1, 0.15) is 5.52 Å². The Hall–Kier alpha value is -2.04. The van der Waals surface area contributed by atoms with Crippen molar-refractivity contribution in [2.24, 2.45) is 11.8 Å². The number of piperidine rings is 1. The Kier molecular flexibility index (Phi) is 4.88.